The van der Waals surface area contributed by atoms with Gasteiger partial charge in [-0.3, -0.25) is 0 Å². The Kier molecular flexibility index (Phi) is 5.54. The van der Waals surface area contributed by atoms with Crippen LogP contribution in [0.2, 0.25) is 0 Å². The van der Waals surface area contributed by atoms with Crippen molar-refractivity contribution in [2.75, 3.05) is 0 Å². The first-order valence-electron chi connectivity index (χ1n) is 15.1. The average Bonchev–Trinajstić information content (AvgIpc) is 3.62. The Hall–Kier alpha value is -5.86. The third-order valence-electron chi connectivity index (χ3n) is 8.94. The monoisotopic (exact) mass is 560 g/mol. The maximum Gasteiger partial charge on any atom is 0.0641 e. The van der Waals surface area contributed by atoms with Crippen molar-refractivity contribution < 1.29 is 0 Å². The lowest BCUT2D eigenvalue weighted by Gasteiger charge is -2.11. The van der Waals surface area contributed by atoms with Gasteiger partial charge in [0.2, 0.25) is 0 Å². The highest BCUT2D eigenvalue weighted by atomic mass is 15.0. The smallest absolute Gasteiger partial charge is 0.0641 e. The number of fused-ring (bicyclic) bond motifs is 7. The molecule has 0 aliphatic carbocycles. The second-order valence-corrected chi connectivity index (χ2v) is 11.4. The first-order valence-corrected chi connectivity index (χ1v) is 15.1. The number of hydrogen-bond acceptors (Lipinski definition) is 0. The largest absolute Gasteiger partial charge is 0.309 e. The predicted octanol–water partition coefficient (Wildman–Crippen LogP) is 11.2. The van der Waals surface area contributed by atoms with Crippen LogP contribution in [0.4, 0.5) is 0 Å². The van der Waals surface area contributed by atoms with Crippen LogP contribution < -0.4 is 0 Å². The number of benzene rings is 7. The van der Waals surface area contributed by atoms with Crippen LogP contribution in [0.15, 0.2) is 170 Å². The van der Waals surface area contributed by atoms with Crippen LogP contribution in [-0.2, 0) is 0 Å². The fourth-order valence-electron chi connectivity index (χ4n) is 6.92. The van der Waals surface area contributed by atoms with Crippen LogP contribution >= 0.6 is 0 Å². The molecule has 0 N–H and O–H groups in total. The predicted molar refractivity (Wildman–Crippen MR) is 186 cm³/mol. The lowest BCUT2D eigenvalue weighted by molar-refractivity contribution is 1.17. The summed E-state index contributed by atoms with van der Waals surface area (Å²) in [5, 5.41) is 5.08. The molecule has 0 amide bonds. The van der Waals surface area contributed by atoms with Gasteiger partial charge in [0.05, 0.1) is 22.1 Å². The van der Waals surface area contributed by atoms with E-state index in [-0.39, 0.29) is 0 Å². The van der Waals surface area contributed by atoms with Gasteiger partial charge in [-0.25, -0.2) is 0 Å². The zero-order valence-corrected chi connectivity index (χ0v) is 24.1. The van der Waals surface area contributed by atoms with Crippen LogP contribution in [0, 0.1) is 0 Å². The summed E-state index contributed by atoms with van der Waals surface area (Å²) in [7, 11) is 0. The van der Waals surface area contributed by atoms with Crippen LogP contribution in [-0.4, -0.2) is 9.13 Å². The molecule has 2 heterocycles. The van der Waals surface area contributed by atoms with E-state index < -0.39 is 0 Å². The van der Waals surface area contributed by atoms with Gasteiger partial charge in [-0.05, 0) is 64.7 Å². The Bertz CT molecular complexity index is 2450. The summed E-state index contributed by atoms with van der Waals surface area (Å²) in [5.74, 6) is 0. The van der Waals surface area contributed by atoms with Crippen molar-refractivity contribution >= 4 is 43.6 Å². The standard InChI is InChI=1S/C42H28N2/c1-3-11-29(12-4-1)30-19-21-31(22-20-30)32-23-25-34(26-24-32)43-39-18-10-8-16-37(39)41-40(43)28-27-36-35-15-7-9-17-38(35)44(42(36)41)33-13-5-2-6-14-33/h1-28H. The van der Waals surface area contributed by atoms with E-state index in [0.717, 1.165) is 5.69 Å². The van der Waals surface area contributed by atoms with E-state index in [0.29, 0.717) is 0 Å². The summed E-state index contributed by atoms with van der Waals surface area (Å²) in [5.41, 5.74) is 12.1. The molecule has 0 fully saturated rings. The molecule has 44 heavy (non-hydrogen) atoms. The summed E-state index contributed by atoms with van der Waals surface area (Å²) < 4.78 is 4.85. The van der Waals surface area contributed by atoms with Crippen LogP contribution in [0.1, 0.15) is 0 Å². The van der Waals surface area contributed by atoms with Crippen molar-refractivity contribution in [1.29, 1.82) is 0 Å². The molecule has 0 spiro atoms. The number of hydrogen-bond donors (Lipinski definition) is 0. The van der Waals surface area contributed by atoms with Crippen molar-refractivity contribution in [2.45, 2.75) is 0 Å². The molecule has 0 atom stereocenters. The van der Waals surface area contributed by atoms with Gasteiger partial charge in [0.15, 0.2) is 0 Å². The first kappa shape index (κ1) is 24.7. The highest BCUT2D eigenvalue weighted by molar-refractivity contribution is 6.26. The van der Waals surface area contributed by atoms with E-state index in [1.807, 2.05) is 0 Å². The van der Waals surface area contributed by atoms with E-state index >= 15 is 0 Å². The third kappa shape index (κ3) is 3.75. The Labute approximate surface area is 255 Å². The third-order valence-corrected chi connectivity index (χ3v) is 8.94. The van der Waals surface area contributed by atoms with E-state index in [1.54, 1.807) is 0 Å². The maximum absolute atomic E-state index is 2.44. The second-order valence-electron chi connectivity index (χ2n) is 11.4. The van der Waals surface area contributed by atoms with Gasteiger partial charge < -0.3 is 9.13 Å². The summed E-state index contributed by atoms with van der Waals surface area (Å²) in [6.07, 6.45) is 0. The van der Waals surface area contributed by atoms with E-state index in [2.05, 4.69) is 179 Å². The average molecular weight is 561 g/mol. The highest BCUT2D eigenvalue weighted by Crippen LogP contribution is 2.42. The van der Waals surface area contributed by atoms with Crippen molar-refractivity contribution in [2.24, 2.45) is 0 Å². The lowest BCUT2D eigenvalue weighted by Crippen LogP contribution is -1.95. The van der Waals surface area contributed by atoms with Gasteiger partial charge in [0.25, 0.3) is 0 Å². The van der Waals surface area contributed by atoms with Crippen molar-refractivity contribution in [3.8, 4) is 33.6 Å². The SMILES string of the molecule is c1ccc(-c2ccc(-c3ccc(-n4c5ccccc5c5c4ccc4c6ccccc6n(-c6ccccc6)c45)cc3)cc2)cc1. The Morgan fingerprint density at radius 2 is 0.750 bits per heavy atom. The molecule has 9 aromatic rings. The minimum absolute atomic E-state index is 1.16. The molecular weight excluding hydrogens is 532 g/mol. The summed E-state index contributed by atoms with van der Waals surface area (Å²) in [6.45, 7) is 0. The van der Waals surface area contributed by atoms with Crippen LogP contribution in [0.3, 0.4) is 0 Å². The fraction of sp³-hybridized carbons (Fsp3) is 0. The van der Waals surface area contributed by atoms with Gasteiger partial charge in [-0.1, -0.05) is 127 Å². The molecule has 0 aliphatic rings. The topological polar surface area (TPSA) is 9.86 Å². The van der Waals surface area contributed by atoms with Crippen LogP contribution in [0.5, 0.6) is 0 Å². The Balaban J connectivity index is 1.24. The molecular formula is C42H28N2. The van der Waals surface area contributed by atoms with E-state index in [9.17, 15) is 0 Å². The molecule has 0 bridgehead atoms. The Morgan fingerprint density at radius 3 is 1.41 bits per heavy atom. The minimum atomic E-state index is 1.16. The van der Waals surface area contributed by atoms with Gasteiger partial charge in [-0.2, -0.15) is 0 Å². The maximum atomic E-state index is 2.44. The molecule has 0 unspecified atom stereocenters. The van der Waals surface area contributed by atoms with E-state index in [4.69, 9.17) is 0 Å². The molecule has 9 rings (SSSR count). The molecule has 2 aromatic heterocycles. The molecule has 0 saturated heterocycles. The quantitative estimate of drug-likeness (QED) is 0.203. The van der Waals surface area contributed by atoms with Gasteiger partial charge in [0, 0.05) is 32.9 Å². The van der Waals surface area contributed by atoms with Gasteiger partial charge >= 0.3 is 0 Å². The fourth-order valence-corrected chi connectivity index (χ4v) is 6.92. The Morgan fingerprint density at radius 1 is 0.273 bits per heavy atom. The lowest BCUT2D eigenvalue weighted by atomic mass is 10.0. The molecule has 0 radical (unpaired) electrons. The molecule has 2 heteroatoms. The van der Waals surface area contributed by atoms with Crippen molar-refractivity contribution in [3.63, 3.8) is 0 Å². The summed E-state index contributed by atoms with van der Waals surface area (Å²) in [6, 6.07) is 61.3. The number of nitrogens with zero attached hydrogens (tertiary/aromatic N) is 2. The first-order chi connectivity index (χ1) is 21.8. The molecule has 206 valence electrons. The second kappa shape index (κ2) is 9.86. The van der Waals surface area contributed by atoms with Crippen LogP contribution in [0.25, 0.3) is 77.2 Å². The summed E-state index contributed by atoms with van der Waals surface area (Å²) >= 11 is 0. The van der Waals surface area contributed by atoms with Crippen molar-refractivity contribution in [1.82, 2.24) is 9.13 Å². The van der Waals surface area contributed by atoms with Gasteiger partial charge in [-0.15, -0.1) is 0 Å². The van der Waals surface area contributed by atoms with Crippen molar-refractivity contribution in [3.05, 3.63) is 170 Å². The molecule has 2 nitrogen and oxygen atoms in total. The van der Waals surface area contributed by atoms with E-state index in [1.165, 1.54) is 71.6 Å². The zero-order chi connectivity index (χ0) is 29.0. The molecule has 7 aromatic carbocycles. The van der Waals surface area contributed by atoms with Gasteiger partial charge in [0.1, 0.15) is 0 Å². The normalized spacial score (nSPS) is 11.6. The number of aromatic nitrogens is 2. The zero-order valence-electron chi connectivity index (χ0n) is 24.1. The summed E-state index contributed by atoms with van der Waals surface area (Å²) in [4.78, 5) is 0. The minimum Gasteiger partial charge on any atom is -0.309 e. The molecule has 0 aliphatic heterocycles. The highest BCUT2D eigenvalue weighted by Gasteiger charge is 2.20. The number of para-hydroxylation sites is 3. The molecule has 0 saturated carbocycles. The number of rotatable bonds is 4.